The zero-order chi connectivity index (χ0) is 9.26. The summed E-state index contributed by atoms with van der Waals surface area (Å²) in [5.74, 6) is 0. The van der Waals surface area contributed by atoms with E-state index in [0.29, 0.717) is 5.69 Å². The lowest BCUT2D eigenvalue weighted by Gasteiger charge is -2.16. The molecule has 0 saturated heterocycles. The Labute approximate surface area is 81.3 Å². The van der Waals surface area contributed by atoms with E-state index in [2.05, 4.69) is 23.5 Å². The Morgan fingerprint density at radius 2 is 2.31 bits per heavy atom. The first kappa shape index (κ1) is 8.21. The van der Waals surface area contributed by atoms with Gasteiger partial charge in [0.1, 0.15) is 6.34 Å². The van der Waals surface area contributed by atoms with Gasteiger partial charge in [0.25, 0.3) is 0 Å². The fourth-order valence-corrected chi connectivity index (χ4v) is 1.19. The molecule has 68 valence electrons. The highest BCUT2D eigenvalue weighted by molar-refractivity contribution is 7.77. The largest absolute Gasteiger partial charge is 0.399 e. The fraction of sp³-hybridized carbons (Fsp3) is 0. The average Bonchev–Trinajstić information content (AvgIpc) is 2.52. The van der Waals surface area contributed by atoms with Gasteiger partial charge in [-0.1, -0.05) is 6.07 Å². The second kappa shape index (κ2) is 3.15. The summed E-state index contributed by atoms with van der Waals surface area (Å²) in [4.78, 5) is 0. The summed E-state index contributed by atoms with van der Waals surface area (Å²) in [6.45, 7) is 0. The van der Waals surface area contributed by atoms with Crippen LogP contribution in [0.3, 0.4) is 0 Å². The van der Waals surface area contributed by atoms with Crippen molar-refractivity contribution in [3.05, 3.63) is 24.3 Å². The van der Waals surface area contributed by atoms with Crippen LogP contribution in [0.25, 0.3) is 0 Å². The maximum absolute atomic E-state index is 5.63. The van der Waals surface area contributed by atoms with Crippen molar-refractivity contribution >= 4 is 30.5 Å². The van der Waals surface area contributed by atoms with E-state index in [1.165, 1.54) is 4.52 Å². The SMILES string of the molecule is Nc1cccc(N2C=NN(S)N2)c1. The summed E-state index contributed by atoms with van der Waals surface area (Å²) < 4.78 is 1.31. The van der Waals surface area contributed by atoms with Crippen LogP contribution in [0.1, 0.15) is 0 Å². The van der Waals surface area contributed by atoms with Crippen LogP contribution in [0.2, 0.25) is 0 Å². The lowest BCUT2D eigenvalue weighted by Crippen LogP contribution is -2.36. The van der Waals surface area contributed by atoms with Gasteiger partial charge in [0.15, 0.2) is 0 Å². The van der Waals surface area contributed by atoms with Gasteiger partial charge in [-0.25, -0.2) is 5.01 Å². The third-order valence-corrected chi connectivity index (χ3v) is 1.81. The zero-order valence-electron chi connectivity index (χ0n) is 6.75. The van der Waals surface area contributed by atoms with Crippen LogP contribution in [0, 0.1) is 0 Å². The normalized spacial score (nSPS) is 15.5. The Morgan fingerprint density at radius 1 is 1.46 bits per heavy atom. The fourth-order valence-electron chi connectivity index (χ4n) is 1.05. The van der Waals surface area contributed by atoms with Crippen LogP contribution in [0.5, 0.6) is 0 Å². The van der Waals surface area contributed by atoms with Gasteiger partial charge in [0.05, 0.1) is 5.69 Å². The number of benzene rings is 1. The van der Waals surface area contributed by atoms with Crippen molar-refractivity contribution in [2.75, 3.05) is 10.7 Å². The number of nitrogens with two attached hydrogens (primary N) is 1. The Hall–Kier alpha value is -1.40. The molecule has 3 N–H and O–H groups in total. The van der Waals surface area contributed by atoms with Crippen LogP contribution in [0.4, 0.5) is 11.4 Å². The number of anilines is 2. The van der Waals surface area contributed by atoms with Crippen LogP contribution >= 0.6 is 12.8 Å². The molecule has 1 heterocycles. The standard InChI is InChI=1S/C7H9N5S/c8-6-2-1-3-7(4-6)11-5-9-12(13)10-11/h1-5,10,13H,8H2. The topological polar surface area (TPSA) is 56.9 Å². The van der Waals surface area contributed by atoms with E-state index in [9.17, 15) is 0 Å². The number of hydrazone groups is 1. The molecule has 0 aromatic heterocycles. The third kappa shape index (κ3) is 1.68. The average molecular weight is 195 g/mol. The van der Waals surface area contributed by atoms with Crippen LogP contribution in [-0.2, 0) is 0 Å². The van der Waals surface area contributed by atoms with E-state index < -0.39 is 0 Å². The van der Waals surface area contributed by atoms with Gasteiger partial charge in [0, 0.05) is 5.69 Å². The maximum Gasteiger partial charge on any atom is 0.134 e. The summed E-state index contributed by atoms with van der Waals surface area (Å²) in [5, 5.41) is 5.58. The minimum atomic E-state index is 0.713. The van der Waals surface area contributed by atoms with Gasteiger partial charge in [-0.15, -0.1) is 10.6 Å². The molecule has 6 heteroatoms. The minimum absolute atomic E-state index is 0.713. The molecule has 0 radical (unpaired) electrons. The lowest BCUT2D eigenvalue weighted by atomic mass is 10.3. The van der Waals surface area contributed by atoms with Crippen molar-refractivity contribution in [2.24, 2.45) is 5.10 Å². The van der Waals surface area contributed by atoms with Crippen molar-refractivity contribution in [1.29, 1.82) is 0 Å². The van der Waals surface area contributed by atoms with Gasteiger partial charge in [0.2, 0.25) is 0 Å². The monoisotopic (exact) mass is 195 g/mol. The van der Waals surface area contributed by atoms with E-state index >= 15 is 0 Å². The molecule has 1 aliphatic heterocycles. The van der Waals surface area contributed by atoms with Crippen LogP contribution in [-0.4, -0.2) is 10.9 Å². The second-order valence-electron chi connectivity index (χ2n) is 2.59. The maximum atomic E-state index is 5.63. The minimum Gasteiger partial charge on any atom is -0.399 e. The van der Waals surface area contributed by atoms with Crippen LogP contribution < -0.4 is 16.3 Å². The molecule has 0 saturated carbocycles. The van der Waals surface area contributed by atoms with E-state index in [1.54, 1.807) is 11.3 Å². The van der Waals surface area contributed by atoms with E-state index in [1.807, 2.05) is 24.3 Å². The first-order valence-electron chi connectivity index (χ1n) is 3.70. The molecule has 0 aliphatic carbocycles. The summed E-state index contributed by atoms with van der Waals surface area (Å²) in [6, 6.07) is 7.46. The summed E-state index contributed by atoms with van der Waals surface area (Å²) >= 11 is 3.98. The van der Waals surface area contributed by atoms with Crippen LogP contribution in [0.15, 0.2) is 29.4 Å². The second-order valence-corrected chi connectivity index (χ2v) is 2.96. The Morgan fingerprint density at radius 3 is 2.92 bits per heavy atom. The van der Waals surface area contributed by atoms with Crippen molar-refractivity contribution in [3.63, 3.8) is 0 Å². The molecule has 2 rings (SSSR count). The number of hydrogen-bond donors (Lipinski definition) is 3. The van der Waals surface area contributed by atoms with Gasteiger partial charge in [-0.3, -0.25) is 0 Å². The van der Waals surface area contributed by atoms with Crippen molar-refractivity contribution < 1.29 is 0 Å². The summed E-state index contributed by atoms with van der Waals surface area (Å²) in [6.07, 6.45) is 1.61. The Balaban J connectivity index is 2.22. The zero-order valence-corrected chi connectivity index (χ0v) is 7.65. The van der Waals surface area contributed by atoms with E-state index in [-0.39, 0.29) is 0 Å². The van der Waals surface area contributed by atoms with Gasteiger partial charge in [-0.2, -0.15) is 4.52 Å². The number of nitrogens with one attached hydrogen (secondary N) is 1. The highest BCUT2D eigenvalue weighted by atomic mass is 32.1. The first-order valence-corrected chi connectivity index (χ1v) is 4.10. The van der Waals surface area contributed by atoms with Gasteiger partial charge in [-0.05, 0) is 31.0 Å². The Bertz CT molecular complexity index is 339. The highest BCUT2D eigenvalue weighted by Crippen LogP contribution is 2.16. The highest BCUT2D eigenvalue weighted by Gasteiger charge is 2.11. The molecule has 0 amide bonds. The molecule has 1 aromatic carbocycles. The molecule has 0 spiro atoms. The number of hydrazine groups is 2. The third-order valence-electron chi connectivity index (χ3n) is 1.62. The molecule has 13 heavy (non-hydrogen) atoms. The summed E-state index contributed by atoms with van der Waals surface area (Å²) in [7, 11) is 0. The van der Waals surface area contributed by atoms with Gasteiger partial charge < -0.3 is 5.73 Å². The molecular formula is C7H9N5S. The lowest BCUT2D eigenvalue weighted by molar-refractivity contribution is 0.419. The number of rotatable bonds is 1. The molecule has 1 aromatic rings. The number of thiol groups is 1. The predicted molar refractivity (Wildman–Crippen MR) is 55.8 cm³/mol. The first-order chi connectivity index (χ1) is 6.25. The Kier molecular flexibility index (Phi) is 1.99. The van der Waals surface area contributed by atoms with E-state index in [0.717, 1.165) is 5.69 Å². The smallest absolute Gasteiger partial charge is 0.134 e. The number of nitrogen functional groups attached to an aromatic ring is 1. The molecule has 0 bridgehead atoms. The number of nitrogens with zero attached hydrogens (tertiary/aromatic N) is 3. The van der Waals surface area contributed by atoms with Crippen molar-refractivity contribution in [3.8, 4) is 0 Å². The van der Waals surface area contributed by atoms with Gasteiger partial charge >= 0.3 is 0 Å². The quantitative estimate of drug-likeness (QED) is 0.453. The molecule has 5 nitrogen and oxygen atoms in total. The summed E-state index contributed by atoms with van der Waals surface area (Å²) in [5.41, 5.74) is 10.1. The van der Waals surface area contributed by atoms with E-state index in [4.69, 9.17) is 5.73 Å². The number of hydrogen-bond acceptors (Lipinski definition) is 6. The predicted octanol–water partition coefficient (Wildman–Crippen LogP) is 0.599. The molecular weight excluding hydrogens is 186 g/mol. The molecule has 0 atom stereocenters. The van der Waals surface area contributed by atoms with Crippen molar-refractivity contribution in [2.45, 2.75) is 0 Å². The molecule has 1 aliphatic rings. The molecule has 0 unspecified atom stereocenters. The van der Waals surface area contributed by atoms with Crippen molar-refractivity contribution in [1.82, 2.24) is 10.1 Å². The molecule has 0 fully saturated rings.